The van der Waals surface area contributed by atoms with Crippen molar-refractivity contribution in [3.8, 4) is 0 Å². The van der Waals surface area contributed by atoms with Crippen LogP contribution in [-0.4, -0.2) is 36.1 Å². The van der Waals surface area contributed by atoms with E-state index < -0.39 is 0 Å². The Morgan fingerprint density at radius 1 is 1.27 bits per heavy atom. The Morgan fingerprint density at radius 2 is 2.00 bits per heavy atom. The van der Waals surface area contributed by atoms with Gasteiger partial charge in [-0.15, -0.1) is 0 Å². The van der Waals surface area contributed by atoms with Gasteiger partial charge in [0.1, 0.15) is 0 Å². The van der Waals surface area contributed by atoms with Gasteiger partial charge >= 0.3 is 0 Å². The van der Waals surface area contributed by atoms with Crippen LogP contribution in [0.3, 0.4) is 0 Å². The van der Waals surface area contributed by atoms with Crippen molar-refractivity contribution < 1.29 is 0 Å². The Hall–Kier alpha value is 0.660. The van der Waals surface area contributed by atoms with E-state index in [9.17, 15) is 0 Å². The largest absolute Gasteiger partial charge is 0.313 e. The maximum atomic E-state index is 3.77. The topological polar surface area (TPSA) is 12.0 Å². The minimum Gasteiger partial charge on any atom is -0.313 e. The summed E-state index contributed by atoms with van der Waals surface area (Å²) in [4.78, 5) is 0. The molecule has 0 bridgehead atoms. The zero-order chi connectivity index (χ0) is 11.1. The van der Waals surface area contributed by atoms with E-state index in [0.29, 0.717) is 0 Å². The molecule has 15 heavy (non-hydrogen) atoms. The van der Waals surface area contributed by atoms with E-state index in [4.69, 9.17) is 0 Å². The third-order valence-corrected chi connectivity index (χ3v) is 5.26. The SMILES string of the molecule is CSCC(C)CNC1CCCCC1SC. The Labute approximate surface area is 104 Å². The predicted octanol–water partition coefficient (Wildman–Crippen LogP) is 3.25. The lowest BCUT2D eigenvalue weighted by Gasteiger charge is -2.32. The predicted molar refractivity (Wildman–Crippen MR) is 75.1 cm³/mol. The highest BCUT2D eigenvalue weighted by Gasteiger charge is 2.23. The highest BCUT2D eigenvalue weighted by atomic mass is 32.2. The van der Waals surface area contributed by atoms with Gasteiger partial charge in [-0.25, -0.2) is 0 Å². The molecule has 1 fully saturated rings. The molecule has 0 saturated heterocycles. The second-order valence-corrected chi connectivity index (χ2v) is 6.62. The van der Waals surface area contributed by atoms with E-state index in [1.165, 1.54) is 38.0 Å². The van der Waals surface area contributed by atoms with Crippen LogP contribution in [0.25, 0.3) is 0 Å². The van der Waals surface area contributed by atoms with Crippen molar-refractivity contribution >= 4 is 23.5 Å². The zero-order valence-corrected chi connectivity index (χ0v) is 11.9. The fraction of sp³-hybridized carbons (Fsp3) is 1.00. The Balaban J connectivity index is 2.22. The van der Waals surface area contributed by atoms with Gasteiger partial charge < -0.3 is 5.32 Å². The number of thioether (sulfide) groups is 2. The molecule has 3 unspecified atom stereocenters. The first kappa shape index (κ1) is 13.7. The second kappa shape index (κ2) is 7.86. The van der Waals surface area contributed by atoms with E-state index >= 15 is 0 Å². The lowest BCUT2D eigenvalue weighted by molar-refractivity contribution is 0.369. The van der Waals surface area contributed by atoms with Crippen LogP contribution in [-0.2, 0) is 0 Å². The first-order valence-electron chi connectivity index (χ1n) is 6.03. The summed E-state index contributed by atoms with van der Waals surface area (Å²) >= 11 is 4.01. The summed E-state index contributed by atoms with van der Waals surface area (Å²) in [6.07, 6.45) is 10.1. The number of nitrogens with one attached hydrogen (secondary N) is 1. The van der Waals surface area contributed by atoms with Crippen LogP contribution >= 0.6 is 23.5 Å². The lowest BCUT2D eigenvalue weighted by atomic mass is 9.94. The van der Waals surface area contributed by atoms with Crippen LogP contribution < -0.4 is 5.32 Å². The molecule has 0 heterocycles. The molecular formula is C12H25NS2. The number of hydrogen-bond donors (Lipinski definition) is 1. The van der Waals surface area contributed by atoms with Crippen LogP contribution in [0.5, 0.6) is 0 Å². The highest BCUT2D eigenvalue weighted by molar-refractivity contribution is 7.99. The molecule has 0 spiro atoms. The Bertz CT molecular complexity index is 164. The van der Waals surface area contributed by atoms with E-state index in [1.54, 1.807) is 0 Å². The molecular weight excluding hydrogens is 222 g/mol. The summed E-state index contributed by atoms with van der Waals surface area (Å²) in [6.45, 7) is 3.54. The summed E-state index contributed by atoms with van der Waals surface area (Å²) in [5.41, 5.74) is 0. The van der Waals surface area contributed by atoms with Crippen molar-refractivity contribution in [3.05, 3.63) is 0 Å². The molecule has 1 rings (SSSR count). The quantitative estimate of drug-likeness (QED) is 0.774. The Kier molecular flexibility index (Phi) is 7.19. The van der Waals surface area contributed by atoms with Gasteiger partial charge in [0.2, 0.25) is 0 Å². The summed E-state index contributed by atoms with van der Waals surface area (Å²) in [7, 11) is 0. The molecule has 0 aliphatic heterocycles. The molecule has 1 N–H and O–H groups in total. The molecule has 90 valence electrons. The number of hydrogen-bond acceptors (Lipinski definition) is 3. The second-order valence-electron chi connectivity index (χ2n) is 4.63. The molecule has 1 nitrogen and oxygen atoms in total. The molecule has 0 aromatic carbocycles. The van der Waals surface area contributed by atoms with E-state index in [2.05, 4.69) is 36.5 Å². The summed E-state index contributed by atoms with van der Waals surface area (Å²) in [5, 5.41) is 4.63. The summed E-state index contributed by atoms with van der Waals surface area (Å²) in [6, 6.07) is 0.776. The maximum absolute atomic E-state index is 3.77. The first-order valence-corrected chi connectivity index (χ1v) is 8.71. The summed E-state index contributed by atoms with van der Waals surface area (Å²) < 4.78 is 0. The van der Waals surface area contributed by atoms with Gasteiger partial charge in [0, 0.05) is 11.3 Å². The lowest BCUT2D eigenvalue weighted by Crippen LogP contribution is -2.42. The molecule has 0 aromatic rings. The van der Waals surface area contributed by atoms with Crippen molar-refractivity contribution in [2.45, 2.75) is 43.9 Å². The average molecular weight is 247 g/mol. The molecule has 0 aromatic heterocycles. The first-order chi connectivity index (χ1) is 7.27. The molecule has 0 amide bonds. The van der Waals surface area contributed by atoms with Gasteiger partial charge in [-0.1, -0.05) is 19.8 Å². The van der Waals surface area contributed by atoms with Gasteiger partial charge in [-0.2, -0.15) is 23.5 Å². The van der Waals surface area contributed by atoms with Crippen LogP contribution in [0.1, 0.15) is 32.6 Å². The minimum atomic E-state index is 0.776. The van der Waals surface area contributed by atoms with Crippen LogP contribution in [0, 0.1) is 5.92 Å². The average Bonchev–Trinajstić information content (AvgIpc) is 2.27. The normalized spacial score (nSPS) is 29.0. The monoisotopic (exact) mass is 247 g/mol. The van der Waals surface area contributed by atoms with E-state index in [0.717, 1.165) is 17.2 Å². The molecule has 3 heteroatoms. The van der Waals surface area contributed by atoms with Gasteiger partial charge in [0.25, 0.3) is 0 Å². The zero-order valence-electron chi connectivity index (χ0n) is 10.3. The van der Waals surface area contributed by atoms with E-state index in [1.807, 2.05) is 11.8 Å². The van der Waals surface area contributed by atoms with Crippen molar-refractivity contribution in [2.75, 3.05) is 24.8 Å². The molecule has 1 aliphatic rings. The molecule has 1 saturated carbocycles. The van der Waals surface area contributed by atoms with Gasteiger partial charge in [-0.3, -0.25) is 0 Å². The maximum Gasteiger partial charge on any atom is 0.0198 e. The fourth-order valence-corrected chi connectivity index (χ4v) is 3.96. The van der Waals surface area contributed by atoms with Gasteiger partial charge in [-0.05, 0) is 43.6 Å². The number of rotatable bonds is 6. The third kappa shape index (κ3) is 5.01. The summed E-state index contributed by atoms with van der Waals surface area (Å²) in [5.74, 6) is 2.09. The van der Waals surface area contributed by atoms with Gasteiger partial charge in [0.15, 0.2) is 0 Å². The molecule has 1 aliphatic carbocycles. The van der Waals surface area contributed by atoms with E-state index in [-0.39, 0.29) is 0 Å². The van der Waals surface area contributed by atoms with Crippen LogP contribution in [0.15, 0.2) is 0 Å². The third-order valence-electron chi connectivity index (χ3n) is 3.18. The standard InChI is InChI=1S/C12H25NS2/c1-10(9-14-2)8-13-11-6-4-5-7-12(11)15-3/h10-13H,4-9H2,1-3H3. The van der Waals surface area contributed by atoms with Crippen molar-refractivity contribution in [1.29, 1.82) is 0 Å². The van der Waals surface area contributed by atoms with Crippen LogP contribution in [0.2, 0.25) is 0 Å². The fourth-order valence-electron chi connectivity index (χ4n) is 2.31. The smallest absolute Gasteiger partial charge is 0.0198 e. The van der Waals surface area contributed by atoms with Crippen molar-refractivity contribution in [3.63, 3.8) is 0 Å². The molecule has 0 radical (unpaired) electrons. The van der Waals surface area contributed by atoms with Crippen molar-refractivity contribution in [2.24, 2.45) is 5.92 Å². The minimum absolute atomic E-state index is 0.776. The Morgan fingerprint density at radius 3 is 2.67 bits per heavy atom. The van der Waals surface area contributed by atoms with Crippen molar-refractivity contribution in [1.82, 2.24) is 5.32 Å². The van der Waals surface area contributed by atoms with Gasteiger partial charge in [0.05, 0.1) is 0 Å². The molecule has 3 atom stereocenters. The van der Waals surface area contributed by atoms with Crippen LogP contribution in [0.4, 0.5) is 0 Å². The highest BCUT2D eigenvalue weighted by Crippen LogP contribution is 2.27.